The summed E-state index contributed by atoms with van der Waals surface area (Å²) in [6.07, 6.45) is 1.74. The monoisotopic (exact) mass is 408 g/mol. The number of nitrogens with one attached hydrogen (secondary N) is 1. The van der Waals surface area contributed by atoms with Crippen LogP contribution in [0.5, 0.6) is 0 Å². The second-order valence-electron chi connectivity index (χ2n) is 6.90. The average molecular weight is 408 g/mol. The molecule has 3 heterocycles. The number of hydrogen-bond acceptors (Lipinski definition) is 8. The molecular weight excluding hydrogens is 384 g/mol. The zero-order chi connectivity index (χ0) is 20.9. The van der Waals surface area contributed by atoms with E-state index in [9.17, 15) is 4.79 Å². The number of esters is 1. The minimum absolute atomic E-state index is 0.222. The lowest BCUT2D eigenvalue weighted by Crippen LogP contribution is -2.37. The number of carbonyl (C=O) groups excluding carboxylic acids is 1. The maximum Gasteiger partial charge on any atom is 0.358 e. The van der Waals surface area contributed by atoms with E-state index < -0.39 is 5.97 Å². The highest BCUT2D eigenvalue weighted by molar-refractivity contribution is 5.88. The van der Waals surface area contributed by atoms with Crippen molar-refractivity contribution in [1.29, 1.82) is 0 Å². The molecule has 2 aromatic heterocycles. The third-order valence-corrected chi connectivity index (χ3v) is 4.66. The zero-order valence-electron chi connectivity index (χ0n) is 17.0. The van der Waals surface area contributed by atoms with Gasteiger partial charge in [0.05, 0.1) is 26.0 Å². The summed E-state index contributed by atoms with van der Waals surface area (Å²) in [5, 5.41) is 8.73. The number of ether oxygens (including phenoxy) is 2. The lowest BCUT2D eigenvalue weighted by molar-refractivity contribution is 0.0519. The molecule has 1 saturated heterocycles. The summed E-state index contributed by atoms with van der Waals surface area (Å²) in [6, 6.07) is 11.5. The van der Waals surface area contributed by atoms with Crippen LogP contribution >= 0.6 is 0 Å². The predicted octanol–water partition coefficient (Wildman–Crippen LogP) is 2.50. The summed E-state index contributed by atoms with van der Waals surface area (Å²) in [4.78, 5) is 18.8. The van der Waals surface area contributed by atoms with Crippen LogP contribution in [0.25, 0.3) is 5.65 Å². The molecule has 1 aliphatic heterocycles. The van der Waals surface area contributed by atoms with Crippen LogP contribution in [-0.4, -0.2) is 59.7 Å². The largest absolute Gasteiger partial charge is 0.461 e. The minimum atomic E-state index is -0.470. The fourth-order valence-electron chi connectivity index (χ4n) is 3.26. The van der Waals surface area contributed by atoms with Crippen LogP contribution in [0.2, 0.25) is 0 Å². The molecule has 1 N–H and O–H groups in total. The Balaban J connectivity index is 1.66. The summed E-state index contributed by atoms with van der Waals surface area (Å²) in [6.45, 7) is 6.79. The Morgan fingerprint density at radius 3 is 2.90 bits per heavy atom. The Kier molecular flexibility index (Phi) is 5.89. The molecule has 0 amide bonds. The van der Waals surface area contributed by atoms with Crippen molar-refractivity contribution in [1.82, 2.24) is 14.6 Å². The van der Waals surface area contributed by atoms with E-state index in [0.29, 0.717) is 24.7 Å². The van der Waals surface area contributed by atoms with E-state index in [1.165, 1.54) is 5.56 Å². The van der Waals surface area contributed by atoms with Gasteiger partial charge < -0.3 is 14.4 Å². The molecule has 4 rings (SSSR count). The molecule has 0 bridgehead atoms. The van der Waals surface area contributed by atoms with Gasteiger partial charge in [0, 0.05) is 25.2 Å². The number of aryl methyl sites for hydroxylation is 1. The summed E-state index contributed by atoms with van der Waals surface area (Å²) in [5.74, 6) is 0.901. The van der Waals surface area contributed by atoms with Crippen molar-refractivity contribution in [2.75, 3.05) is 43.2 Å². The Morgan fingerprint density at radius 1 is 1.30 bits per heavy atom. The molecule has 0 saturated carbocycles. The van der Waals surface area contributed by atoms with Gasteiger partial charge in [-0.1, -0.05) is 29.8 Å². The van der Waals surface area contributed by atoms with E-state index in [1.54, 1.807) is 23.7 Å². The summed E-state index contributed by atoms with van der Waals surface area (Å²) in [5.41, 5.74) is 5.91. The number of anilines is 2. The van der Waals surface area contributed by atoms with Gasteiger partial charge in [-0.25, -0.2) is 9.78 Å². The molecule has 30 heavy (non-hydrogen) atoms. The van der Waals surface area contributed by atoms with Crippen LogP contribution in [-0.2, 0) is 9.47 Å². The van der Waals surface area contributed by atoms with Gasteiger partial charge in [0.1, 0.15) is 5.82 Å². The molecule has 0 unspecified atom stereocenters. The van der Waals surface area contributed by atoms with Gasteiger partial charge >= 0.3 is 5.97 Å². The topological polar surface area (TPSA) is 93.3 Å². The van der Waals surface area contributed by atoms with Crippen molar-refractivity contribution in [3.05, 3.63) is 53.2 Å². The zero-order valence-corrected chi connectivity index (χ0v) is 17.0. The number of hydrogen-bond donors (Lipinski definition) is 1. The van der Waals surface area contributed by atoms with E-state index in [4.69, 9.17) is 9.47 Å². The number of morpholine rings is 1. The molecule has 3 aromatic rings. The second kappa shape index (κ2) is 8.91. The summed E-state index contributed by atoms with van der Waals surface area (Å²) < 4.78 is 12.2. The van der Waals surface area contributed by atoms with E-state index in [1.807, 2.05) is 37.3 Å². The Morgan fingerprint density at radius 2 is 2.13 bits per heavy atom. The second-order valence-corrected chi connectivity index (χ2v) is 6.90. The number of rotatable bonds is 6. The number of benzene rings is 1. The smallest absolute Gasteiger partial charge is 0.358 e. The molecule has 9 heteroatoms. The molecule has 156 valence electrons. The van der Waals surface area contributed by atoms with Crippen LogP contribution in [0.3, 0.4) is 0 Å². The van der Waals surface area contributed by atoms with Crippen LogP contribution in [0.4, 0.5) is 11.6 Å². The number of fused-ring (bicyclic) bond motifs is 1. The van der Waals surface area contributed by atoms with Gasteiger partial charge in [-0.3, -0.25) is 5.43 Å². The first-order valence-electron chi connectivity index (χ1n) is 9.90. The number of aromatic nitrogens is 3. The lowest BCUT2D eigenvalue weighted by Gasteiger charge is -2.29. The highest BCUT2D eigenvalue weighted by Gasteiger charge is 2.20. The fourth-order valence-corrected chi connectivity index (χ4v) is 3.26. The molecule has 1 fully saturated rings. The summed E-state index contributed by atoms with van der Waals surface area (Å²) in [7, 11) is 0. The molecule has 1 aliphatic rings. The SMILES string of the molecule is CCOC(=O)c1cc2nc(N/N=C/c3cccc(C)c3)cc(N3CCOCC3)n2n1. The number of nitrogens with zero attached hydrogens (tertiary/aromatic N) is 5. The third kappa shape index (κ3) is 4.41. The number of hydrazone groups is 1. The van der Waals surface area contributed by atoms with Crippen molar-refractivity contribution >= 4 is 29.5 Å². The van der Waals surface area contributed by atoms with Gasteiger partial charge in [-0.15, -0.1) is 0 Å². The summed E-state index contributed by atoms with van der Waals surface area (Å²) >= 11 is 0. The molecule has 9 nitrogen and oxygen atoms in total. The van der Waals surface area contributed by atoms with Gasteiger partial charge in [0.15, 0.2) is 17.2 Å². The molecule has 0 atom stereocenters. The number of carbonyl (C=O) groups is 1. The maximum absolute atomic E-state index is 12.1. The highest BCUT2D eigenvalue weighted by Crippen LogP contribution is 2.22. The van der Waals surface area contributed by atoms with Crippen molar-refractivity contribution in [3.8, 4) is 0 Å². The van der Waals surface area contributed by atoms with Crippen molar-refractivity contribution in [2.45, 2.75) is 13.8 Å². The predicted molar refractivity (Wildman–Crippen MR) is 114 cm³/mol. The van der Waals surface area contributed by atoms with Gasteiger partial charge in [0.25, 0.3) is 0 Å². The quantitative estimate of drug-likeness (QED) is 0.380. The van der Waals surface area contributed by atoms with Crippen molar-refractivity contribution in [3.63, 3.8) is 0 Å². The molecular formula is C21H24N6O3. The van der Waals surface area contributed by atoms with Gasteiger partial charge in [0.2, 0.25) is 0 Å². The van der Waals surface area contributed by atoms with Gasteiger partial charge in [-0.05, 0) is 19.4 Å². The maximum atomic E-state index is 12.1. The molecule has 0 aliphatic carbocycles. The first-order chi connectivity index (χ1) is 14.6. The van der Waals surface area contributed by atoms with E-state index >= 15 is 0 Å². The van der Waals surface area contributed by atoms with Crippen LogP contribution in [0.15, 0.2) is 41.5 Å². The fraction of sp³-hybridized carbons (Fsp3) is 0.333. The van der Waals surface area contributed by atoms with Crippen LogP contribution < -0.4 is 10.3 Å². The highest BCUT2D eigenvalue weighted by atomic mass is 16.5. The normalized spacial score (nSPS) is 14.4. The Labute approximate surface area is 174 Å². The lowest BCUT2D eigenvalue weighted by atomic mass is 10.2. The average Bonchev–Trinajstić information content (AvgIpc) is 3.18. The molecule has 0 spiro atoms. The first-order valence-corrected chi connectivity index (χ1v) is 9.90. The van der Waals surface area contributed by atoms with Crippen LogP contribution in [0.1, 0.15) is 28.5 Å². The van der Waals surface area contributed by atoms with Crippen LogP contribution in [0, 0.1) is 6.92 Å². The standard InChI is InChI=1S/C21H24N6O3/c1-3-30-21(28)17-12-19-23-18(24-22-14-16-6-4-5-15(2)11-16)13-20(27(19)25-17)26-7-9-29-10-8-26/h4-6,11-14H,3,7-10H2,1-2H3,(H,23,24)/b22-14+. The van der Waals surface area contributed by atoms with E-state index in [-0.39, 0.29) is 12.3 Å². The Hall–Kier alpha value is -3.46. The third-order valence-electron chi connectivity index (χ3n) is 4.66. The molecule has 1 aromatic carbocycles. The van der Waals surface area contributed by atoms with E-state index in [0.717, 1.165) is 24.5 Å². The van der Waals surface area contributed by atoms with Crippen molar-refractivity contribution in [2.24, 2.45) is 5.10 Å². The first kappa shape index (κ1) is 19.8. The van der Waals surface area contributed by atoms with Gasteiger partial charge in [-0.2, -0.15) is 14.7 Å². The van der Waals surface area contributed by atoms with E-state index in [2.05, 4.69) is 25.5 Å². The Bertz CT molecular complexity index is 1070. The molecule has 0 radical (unpaired) electrons. The minimum Gasteiger partial charge on any atom is -0.461 e. The van der Waals surface area contributed by atoms with Crippen molar-refractivity contribution < 1.29 is 14.3 Å².